The maximum atomic E-state index is 4.80. The predicted molar refractivity (Wildman–Crippen MR) is 94.9 cm³/mol. The zero-order valence-electron chi connectivity index (χ0n) is 15.0. The van der Waals surface area contributed by atoms with Crippen LogP contribution in [-0.2, 0) is 12.8 Å². The molecule has 1 fully saturated rings. The first-order chi connectivity index (χ1) is 11.0. The second kappa shape index (κ2) is 6.54. The van der Waals surface area contributed by atoms with Gasteiger partial charge in [-0.3, -0.25) is 9.67 Å². The van der Waals surface area contributed by atoms with Crippen molar-refractivity contribution in [3.63, 3.8) is 0 Å². The van der Waals surface area contributed by atoms with Crippen LogP contribution in [0.5, 0.6) is 0 Å². The standard InChI is InChI=1S/C18H31N5/c1-5-19-17(20-12-18(4)8-9-18)21-15-7-6-14-11-23(13(2)3)22-16(14)10-15/h11,13,15H,5-10,12H2,1-4H3,(H2,19,20,21). The zero-order chi connectivity index (χ0) is 16.4. The molecule has 1 aromatic rings. The number of hydrogen-bond acceptors (Lipinski definition) is 2. The van der Waals surface area contributed by atoms with E-state index in [4.69, 9.17) is 10.1 Å². The molecule has 1 unspecified atom stereocenters. The Bertz CT molecular complexity index is 568. The number of hydrogen-bond donors (Lipinski definition) is 2. The van der Waals surface area contributed by atoms with Gasteiger partial charge in [-0.25, -0.2) is 0 Å². The van der Waals surface area contributed by atoms with Gasteiger partial charge in [-0.1, -0.05) is 6.92 Å². The molecule has 0 bridgehead atoms. The van der Waals surface area contributed by atoms with E-state index in [0.717, 1.165) is 38.3 Å². The molecule has 2 aliphatic rings. The molecule has 0 aromatic carbocycles. The van der Waals surface area contributed by atoms with E-state index < -0.39 is 0 Å². The highest BCUT2D eigenvalue weighted by Gasteiger charge is 2.37. The fraction of sp³-hybridized carbons (Fsp3) is 0.778. The lowest BCUT2D eigenvalue weighted by Gasteiger charge is -2.24. The Balaban J connectivity index is 1.62. The first kappa shape index (κ1) is 16.3. The lowest BCUT2D eigenvalue weighted by Crippen LogP contribution is -2.46. The van der Waals surface area contributed by atoms with Gasteiger partial charge >= 0.3 is 0 Å². The minimum atomic E-state index is 0.433. The lowest BCUT2D eigenvalue weighted by molar-refractivity contribution is 0.497. The summed E-state index contributed by atoms with van der Waals surface area (Å²) in [4.78, 5) is 4.80. The van der Waals surface area contributed by atoms with Gasteiger partial charge in [0.25, 0.3) is 0 Å². The van der Waals surface area contributed by atoms with Crippen LogP contribution in [0.25, 0.3) is 0 Å². The summed E-state index contributed by atoms with van der Waals surface area (Å²) >= 11 is 0. The molecule has 1 heterocycles. The van der Waals surface area contributed by atoms with Gasteiger partial charge in [0.15, 0.2) is 5.96 Å². The van der Waals surface area contributed by atoms with Gasteiger partial charge in [-0.15, -0.1) is 0 Å². The maximum Gasteiger partial charge on any atom is 0.191 e. The van der Waals surface area contributed by atoms with Crippen molar-refractivity contribution < 1.29 is 0 Å². The number of rotatable bonds is 5. The summed E-state index contributed by atoms with van der Waals surface area (Å²) in [7, 11) is 0. The van der Waals surface area contributed by atoms with Gasteiger partial charge in [0.1, 0.15) is 0 Å². The summed E-state index contributed by atoms with van der Waals surface area (Å²) in [5.41, 5.74) is 3.13. The third-order valence-corrected chi connectivity index (χ3v) is 5.03. The number of nitrogens with one attached hydrogen (secondary N) is 2. The number of aliphatic imine (C=N–C) groups is 1. The Morgan fingerprint density at radius 3 is 2.91 bits per heavy atom. The van der Waals surface area contributed by atoms with Gasteiger partial charge in [0.05, 0.1) is 5.69 Å². The minimum Gasteiger partial charge on any atom is -0.357 e. The number of aromatic nitrogens is 2. The van der Waals surface area contributed by atoms with Crippen LogP contribution in [-0.4, -0.2) is 34.9 Å². The summed E-state index contributed by atoms with van der Waals surface area (Å²) in [6.07, 6.45) is 8.11. The SMILES string of the molecule is CCNC(=NCC1(C)CC1)NC1CCc2cn(C(C)C)nc2C1. The molecule has 5 nitrogen and oxygen atoms in total. The molecule has 0 saturated heterocycles. The highest BCUT2D eigenvalue weighted by molar-refractivity contribution is 5.80. The van der Waals surface area contributed by atoms with E-state index in [0.29, 0.717) is 17.5 Å². The topological polar surface area (TPSA) is 54.2 Å². The van der Waals surface area contributed by atoms with Crippen molar-refractivity contribution in [2.45, 2.75) is 71.9 Å². The Morgan fingerprint density at radius 2 is 2.26 bits per heavy atom. The molecular formula is C18H31N5. The molecule has 5 heteroatoms. The van der Waals surface area contributed by atoms with Crippen LogP contribution in [0.4, 0.5) is 0 Å². The van der Waals surface area contributed by atoms with E-state index in [2.05, 4.69) is 49.2 Å². The van der Waals surface area contributed by atoms with E-state index in [-0.39, 0.29) is 0 Å². The van der Waals surface area contributed by atoms with Gasteiger partial charge < -0.3 is 10.6 Å². The van der Waals surface area contributed by atoms with E-state index in [1.807, 2.05) is 0 Å². The molecule has 0 radical (unpaired) electrons. The molecular weight excluding hydrogens is 286 g/mol. The number of fused-ring (bicyclic) bond motifs is 1. The number of aryl methyl sites for hydroxylation is 1. The molecule has 3 rings (SSSR count). The monoisotopic (exact) mass is 317 g/mol. The van der Waals surface area contributed by atoms with E-state index >= 15 is 0 Å². The Kier molecular flexibility index (Phi) is 4.64. The highest BCUT2D eigenvalue weighted by Crippen LogP contribution is 2.44. The molecule has 0 aliphatic heterocycles. The Hall–Kier alpha value is -1.52. The molecule has 1 aromatic heterocycles. The minimum absolute atomic E-state index is 0.433. The molecule has 23 heavy (non-hydrogen) atoms. The van der Waals surface area contributed by atoms with Crippen LogP contribution in [0.1, 0.15) is 64.3 Å². The lowest BCUT2D eigenvalue weighted by atomic mass is 9.94. The third kappa shape index (κ3) is 4.06. The molecule has 1 saturated carbocycles. The Morgan fingerprint density at radius 1 is 1.48 bits per heavy atom. The molecule has 2 N–H and O–H groups in total. The number of guanidine groups is 1. The second-order valence-electron chi connectivity index (χ2n) is 7.76. The molecule has 0 amide bonds. The highest BCUT2D eigenvalue weighted by atomic mass is 15.3. The third-order valence-electron chi connectivity index (χ3n) is 5.03. The van der Waals surface area contributed by atoms with Gasteiger partial charge in [0.2, 0.25) is 0 Å². The summed E-state index contributed by atoms with van der Waals surface area (Å²) in [5.74, 6) is 0.970. The van der Waals surface area contributed by atoms with Crippen molar-refractivity contribution >= 4 is 5.96 Å². The van der Waals surface area contributed by atoms with Crippen molar-refractivity contribution in [2.75, 3.05) is 13.1 Å². The van der Waals surface area contributed by atoms with Crippen molar-refractivity contribution in [2.24, 2.45) is 10.4 Å². The van der Waals surface area contributed by atoms with Crippen molar-refractivity contribution in [3.8, 4) is 0 Å². The van der Waals surface area contributed by atoms with Crippen molar-refractivity contribution in [1.29, 1.82) is 0 Å². The normalized spacial score (nSPS) is 22.8. The fourth-order valence-electron chi connectivity index (χ4n) is 3.06. The smallest absolute Gasteiger partial charge is 0.191 e. The van der Waals surface area contributed by atoms with Crippen LogP contribution in [0.3, 0.4) is 0 Å². The first-order valence-corrected chi connectivity index (χ1v) is 9.11. The summed E-state index contributed by atoms with van der Waals surface area (Å²) in [6, 6.07) is 0.869. The van der Waals surface area contributed by atoms with E-state index in [1.165, 1.54) is 24.1 Å². The van der Waals surface area contributed by atoms with Crippen LogP contribution in [0.15, 0.2) is 11.2 Å². The fourth-order valence-corrected chi connectivity index (χ4v) is 3.06. The van der Waals surface area contributed by atoms with Gasteiger partial charge in [0, 0.05) is 37.8 Å². The maximum absolute atomic E-state index is 4.80. The van der Waals surface area contributed by atoms with E-state index in [9.17, 15) is 0 Å². The zero-order valence-corrected chi connectivity index (χ0v) is 15.0. The summed E-state index contributed by atoms with van der Waals surface area (Å²) in [6.45, 7) is 10.7. The van der Waals surface area contributed by atoms with Crippen LogP contribution in [0, 0.1) is 5.41 Å². The van der Waals surface area contributed by atoms with Crippen LogP contribution in [0.2, 0.25) is 0 Å². The van der Waals surface area contributed by atoms with Gasteiger partial charge in [-0.2, -0.15) is 5.10 Å². The predicted octanol–water partition coefficient (Wildman–Crippen LogP) is 2.68. The summed E-state index contributed by atoms with van der Waals surface area (Å²) < 4.78 is 2.10. The quantitative estimate of drug-likeness (QED) is 0.648. The number of nitrogens with zero attached hydrogens (tertiary/aromatic N) is 3. The largest absolute Gasteiger partial charge is 0.357 e. The Labute approximate surface area is 139 Å². The molecule has 2 aliphatic carbocycles. The second-order valence-corrected chi connectivity index (χ2v) is 7.76. The van der Waals surface area contributed by atoms with Crippen LogP contribution >= 0.6 is 0 Å². The first-order valence-electron chi connectivity index (χ1n) is 9.11. The van der Waals surface area contributed by atoms with Gasteiger partial charge in [-0.05, 0) is 57.4 Å². The van der Waals surface area contributed by atoms with Crippen molar-refractivity contribution in [1.82, 2.24) is 20.4 Å². The van der Waals surface area contributed by atoms with Crippen molar-refractivity contribution in [3.05, 3.63) is 17.5 Å². The average molecular weight is 317 g/mol. The molecule has 1 atom stereocenters. The average Bonchev–Trinajstić information content (AvgIpc) is 3.09. The van der Waals surface area contributed by atoms with Crippen LogP contribution < -0.4 is 10.6 Å². The molecule has 0 spiro atoms. The van der Waals surface area contributed by atoms with E-state index in [1.54, 1.807) is 0 Å². The summed E-state index contributed by atoms with van der Waals surface area (Å²) in [5, 5.41) is 11.8. The molecule has 128 valence electrons.